The molecule has 4 nitrogen and oxygen atoms in total. The molecular weight excluding hydrogens is 216 g/mol. The van der Waals surface area contributed by atoms with Crippen molar-refractivity contribution in [2.24, 2.45) is 5.73 Å². The maximum absolute atomic E-state index is 12.0. The normalized spacial score (nSPS) is 19.0. The smallest absolute Gasteiger partial charge is 0.224 e. The van der Waals surface area contributed by atoms with Gasteiger partial charge >= 0.3 is 0 Å². The van der Waals surface area contributed by atoms with Crippen molar-refractivity contribution in [3.63, 3.8) is 0 Å². The van der Waals surface area contributed by atoms with E-state index in [1.54, 1.807) is 4.90 Å². The second-order valence-corrected chi connectivity index (χ2v) is 5.11. The molecule has 0 aliphatic heterocycles. The molecule has 0 aromatic rings. The van der Waals surface area contributed by atoms with E-state index >= 15 is 0 Å². The standard InChI is InChI=1S/C13H26N2O2/c1-3-17-10-9-15(2)12(16)11-13(14)7-5-4-6-8-13/h3-11,14H2,1-2H3. The van der Waals surface area contributed by atoms with E-state index in [0.717, 1.165) is 25.7 Å². The Balaban J connectivity index is 2.31. The molecule has 0 heterocycles. The number of ether oxygens (including phenoxy) is 1. The van der Waals surface area contributed by atoms with Crippen LogP contribution in [0.1, 0.15) is 45.4 Å². The van der Waals surface area contributed by atoms with Crippen LogP contribution in [0.25, 0.3) is 0 Å². The van der Waals surface area contributed by atoms with E-state index in [2.05, 4.69) is 0 Å². The molecule has 0 radical (unpaired) electrons. The molecule has 4 heteroatoms. The third-order valence-corrected chi connectivity index (χ3v) is 3.55. The topological polar surface area (TPSA) is 55.6 Å². The first-order valence-corrected chi connectivity index (χ1v) is 6.68. The number of carbonyl (C=O) groups is 1. The zero-order valence-electron chi connectivity index (χ0n) is 11.2. The Morgan fingerprint density at radius 1 is 1.35 bits per heavy atom. The summed E-state index contributed by atoms with van der Waals surface area (Å²) in [5.41, 5.74) is 6.02. The molecule has 1 fully saturated rings. The van der Waals surface area contributed by atoms with E-state index < -0.39 is 0 Å². The van der Waals surface area contributed by atoms with Crippen LogP contribution in [0.15, 0.2) is 0 Å². The highest BCUT2D eigenvalue weighted by molar-refractivity contribution is 5.77. The number of nitrogens with two attached hydrogens (primary N) is 1. The summed E-state index contributed by atoms with van der Waals surface area (Å²) in [4.78, 5) is 13.7. The van der Waals surface area contributed by atoms with Gasteiger partial charge in [-0.05, 0) is 19.8 Å². The summed E-state index contributed by atoms with van der Waals surface area (Å²) >= 11 is 0. The van der Waals surface area contributed by atoms with Crippen molar-refractivity contribution in [3.8, 4) is 0 Å². The molecule has 0 spiro atoms. The van der Waals surface area contributed by atoms with Crippen molar-refractivity contribution in [1.82, 2.24) is 4.90 Å². The van der Waals surface area contributed by atoms with Gasteiger partial charge < -0.3 is 15.4 Å². The van der Waals surface area contributed by atoms with Crippen LogP contribution in [0.2, 0.25) is 0 Å². The highest BCUT2D eigenvalue weighted by Crippen LogP contribution is 2.28. The quantitative estimate of drug-likeness (QED) is 0.719. The van der Waals surface area contributed by atoms with Crippen LogP contribution in [0.4, 0.5) is 0 Å². The van der Waals surface area contributed by atoms with Crippen LogP contribution in [0.3, 0.4) is 0 Å². The van der Waals surface area contributed by atoms with Gasteiger partial charge in [0.2, 0.25) is 5.91 Å². The van der Waals surface area contributed by atoms with Gasteiger partial charge in [-0.2, -0.15) is 0 Å². The van der Waals surface area contributed by atoms with Gasteiger partial charge in [-0.3, -0.25) is 4.79 Å². The molecule has 17 heavy (non-hydrogen) atoms. The third kappa shape index (κ3) is 5.04. The Morgan fingerprint density at radius 3 is 2.59 bits per heavy atom. The Kier molecular flexibility index (Phi) is 5.92. The largest absolute Gasteiger partial charge is 0.380 e. The lowest BCUT2D eigenvalue weighted by atomic mass is 9.80. The summed E-state index contributed by atoms with van der Waals surface area (Å²) < 4.78 is 5.24. The first-order valence-electron chi connectivity index (χ1n) is 6.68. The minimum absolute atomic E-state index is 0.147. The minimum atomic E-state index is -0.255. The predicted molar refractivity (Wildman–Crippen MR) is 68.8 cm³/mol. The fourth-order valence-corrected chi connectivity index (χ4v) is 2.34. The zero-order valence-corrected chi connectivity index (χ0v) is 11.2. The van der Waals surface area contributed by atoms with E-state index in [9.17, 15) is 4.79 Å². The molecule has 1 rings (SSSR count). The van der Waals surface area contributed by atoms with E-state index in [4.69, 9.17) is 10.5 Å². The Bertz CT molecular complexity index is 238. The average molecular weight is 242 g/mol. The summed E-state index contributed by atoms with van der Waals surface area (Å²) in [7, 11) is 1.83. The number of rotatable bonds is 6. The second kappa shape index (κ2) is 6.97. The fraction of sp³-hybridized carbons (Fsp3) is 0.923. The van der Waals surface area contributed by atoms with E-state index in [1.165, 1.54) is 6.42 Å². The van der Waals surface area contributed by atoms with Gasteiger partial charge in [-0.25, -0.2) is 0 Å². The van der Waals surface area contributed by atoms with Gasteiger partial charge in [0.05, 0.1) is 6.61 Å². The van der Waals surface area contributed by atoms with Gasteiger partial charge in [0.15, 0.2) is 0 Å². The molecular formula is C13H26N2O2. The average Bonchev–Trinajstić information content (AvgIpc) is 2.29. The maximum Gasteiger partial charge on any atom is 0.224 e. The second-order valence-electron chi connectivity index (χ2n) is 5.11. The van der Waals surface area contributed by atoms with Gasteiger partial charge in [-0.15, -0.1) is 0 Å². The van der Waals surface area contributed by atoms with Crippen LogP contribution < -0.4 is 5.73 Å². The highest BCUT2D eigenvalue weighted by Gasteiger charge is 2.30. The van der Waals surface area contributed by atoms with Crippen molar-refractivity contribution in [2.75, 3.05) is 26.8 Å². The van der Waals surface area contributed by atoms with Gasteiger partial charge in [0.25, 0.3) is 0 Å². The molecule has 0 aromatic heterocycles. The molecule has 0 bridgehead atoms. The number of amides is 1. The molecule has 2 N–H and O–H groups in total. The van der Waals surface area contributed by atoms with Crippen LogP contribution in [0.5, 0.6) is 0 Å². The SMILES string of the molecule is CCOCCN(C)C(=O)CC1(N)CCCCC1. The predicted octanol–water partition coefficient (Wildman–Crippen LogP) is 1.53. The first kappa shape index (κ1) is 14.5. The molecule has 0 aromatic carbocycles. The molecule has 0 unspecified atom stereocenters. The lowest BCUT2D eigenvalue weighted by Gasteiger charge is -2.34. The summed E-state index contributed by atoms with van der Waals surface area (Å²) in [5, 5.41) is 0. The Morgan fingerprint density at radius 2 is 2.00 bits per heavy atom. The molecule has 100 valence electrons. The van der Waals surface area contributed by atoms with Crippen molar-refractivity contribution < 1.29 is 9.53 Å². The van der Waals surface area contributed by atoms with Crippen LogP contribution in [-0.2, 0) is 9.53 Å². The molecule has 1 aliphatic carbocycles. The molecule has 1 saturated carbocycles. The minimum Gasteiger partial charge on any atom is -0.380 e. The molecule has 0 saturated heterocycles. The van der Waals surface area contributed by atoms with E-state index in [0.29, 0.717) is 26.2 Å². The van der Waals surface area contributed by atoms with Crippen molar-refractivity contribution in [1.29, 1.82) is 0 Å². The Labute approximate surface area is 104 Å². The van der Waals surface area contributed by atoms with E-state index in [-0.39, 0.29) is 11.4 Å². The molecule has 1 amide bonds. The zero-order chi connectivity index (χ0) is 12.7. The molecule has 1 aliphatic rings. The molecule has 0 atom stereocenters. The number of hydrogen-bond donors (Lipinski definition) is 1. The van der Waals surface area contributed by atoms with Crippen LogP contribution in [-0.4, -0.2) is 43.2 Å². The lowest BCUT2D eigenvalue weighted by Crippen LogP contribution is -2.46. The van der Waals surface area contributed by atoms with Gasteiger partial charge in [0, 0.05) is 32.2 Å². The third-order valence-electron chi connectivity index (χ3n) is 3.55. The summed E-state index contributed by atoms with van der Waals surface area (Å²) in [6.07, 6.45) is 6.03. The highest BCUT2D eigenvalue weighted by atomic mass is 16.5. The van der Waals surface area contributed by atoms with Crippen molar-refractivity contribution in [3.05, 3.63) is 0 Å². The van der Waals surface area contributed by atoms with Crippen LogP contribution >= 0.6 is 0 Å². The monoisotopic (exact) mass is 242 g/mol. The number of nitrogens with zero attached hydrogens (tertiary/aromatic N) is 1. The summed E-state index contributed by atoms with van der Waals surface area (Å²) in [5.74, 6) is 0.147. The fourth-order valence-electron chi connectivity index (χ4n) is 2.34. The number of carbonyl (C=O) groups excluding carboxylic acids is 1. The number of hydrogen-bond acceptors (Lipinski definition) is 3. The van der Waals surface area contributed by atoms with Gasteiger partial charge in [-0.1, -0.05) is 19.3 Å². The number of likely N-dealkylation sites (N-methyl/N-ethyl adjacent to an activating group) is 1. The van der Waals surface area contributed by atoms with Crippen molar-refractivity contribution >= 4 is 5.91 Å². The maximum atomic E-state index is 12.0. The first-order chi connectivity index (χ1) is 8.07. The van der Waals surface area contributed by atoms with E-state index in [1.807, 2.05) is 14.0 Å². The summed E-state index contributed by atoms with van der Waals surface area (Å²) in [6.45, 7) is 3.92. The van der Waals surface area contributed by atoms with Crippen LogP contribution in [0, 0.1) is 0 Å². The lowest BCUT2D eigenvalue weighted by molar-refractivity contribution is -0.132. The summed E-state index contributed by atoms with van der Waals surface area (Å²) in [6, 6.07) is 0. The Hall–Kier alpha value is -0.610. The van der Waals surface area contributed by atoms with Crippen molar-refractivity contribution in [2.45, 2.75) is 51.0 Å². The van der Waals surface area contributed by atoms with Gasteiger partial charge in [0.1, 0.15) is 0 Å².